The minimum atomic E-state index is -0.175. The van der Waals surface area contributed by atoms with Gasteiger partial charge >= 0.3 is 0 Å². The number of hydrogen-bond donors (Lipinski definition) is 2. The highest BCUT2D eigenvalue weighted by atomic mass is 32.2. The number of nitrogens with zero attached hydrogens (tertiary/aromatic N) is 2. The summed E-state index contributed by atoms with van der Waals surface area (Å²) in [7, 11) is 0. The highest BCUT2D eigenvalue weighted by Crippen LogP contribution is 2.30. The summed E-state index contributed by atoms with van der Waals surface area (Å²) in [6.45, 7) is 2.64. The molecule has 0 unspecified atom stereocenters. The monoisotopic (exact) mass is 316 g/mol. The largest absolute Gasteiger partial charge is 0.451 e. The van der Waals surface area contributed by atoms with Crippen molar-refractivity contribution in [3.05, 3.63) is 41.9 Å². The van der Waals surface area contributed by atoms with Gasteiger partial charge in [-0.3, -0.25) is 9.89 Å². The number of hydrogen-bond acceptors (Lipinski definition) is 5. The normalized spacial score (nSPS) is 11.0. The van der Waals surface area contributed by atoms with E-state index < -0.39 is 0 Å². The maximum absolute atomic E-state index is 12.3. The van der Waals surface area contributed by atoms with Crippen LogP contribution in [-0.4, -0.2) is 27.6 Å². The van der Waals surface area contributed by atoms with E-state index in [1.807, 2.05) is 31.2 Å². The van der Waals surface area contributed by atoms with E-state index in [-0.39, 0.29) is 5.91 Å². The van der Waals surface area contributed by atoms with Gasteiger partial charge in [0.1, 0.15) is 11.9 Å². The zero-order valence-corrected chi connectivity index (χ0v) is 12.9. The summed E-state index contributed by atoms with van der Waals surface area (Å²) >= 11 is 1.49. The van der Waals surface area contributed by atoms with Crippen LogP contribution >= 0.6 is 11.8 Å². The number of carbonyl (C=O) groups is 1. The lowest BCUT2D eigenvalue weighted by molar-refractivity contribution is 0.0927. The van der Waals surface area contributed by atoms with Gasteiger partial charge in [-0.1, -0.05) is 36.9 Å². The van der Waals surface area contributed by atoms with Gasteiger partial charge in [0.15, 0.2) is 10.9 Å². The van der Waals surface area contributed by atoms with Crippen molar-refractivity contribution in [3.63, 3.8) is 0 Å². The minimum Gasteiger partial charge on any atom is -0.451 e. The number of amides is 1. The van der Waals surface area contributed by atoms with Crippen molar-refractivity contribution in [2.45, 2.75) is 24.3 Å². The van der Waals surface area contributed by atoms with Crippen LogP contribution in [-0.2, 0) is 5.75 Å². The fourth-order valence-electron chi connectivity index (χ4n) is 2.15. The average Bonchev–Trinajstić information content (AvgIpc) is 3.17. The summed E-state index contributed by atoms with van der Waals surface area (Å²) in [6, 6.07) is 7.67. The number of H-pyrrole nitrogens is 1. The van der Waals surface area contributed by atoms with Crippen molar-refractivity contribution < 1.29 is 9.21 Å². The summed E-state index contributed by atoms with van der Waals surface area (Å²) in [5.74, 6) is 0.786. The quantitative estimate of drug-likeness (QED) is 0.683. The number of rotatable bonds is 6. The van der Waals surface area contributed by atoms with Crippen molar-refractivity contribution in [2.24, 2.45) is 0 Å². The van der Waals surface area contributed by atoms with Crippen molar-refractivity contribution >= 4 is 28.6 Å². The summed E-state index contributed by atoms with van der Waals surface area (Å²) in [6.07, 6.45) is 2.35. The van der Waals surface area contributed by atoms with Crippen LogP contribution in [0.3, 0.4) is 0 Å². The number of carbonyl (C=O) groups excluding carboxylic acids is 1. The lowest BCUT2D eigenvalue weighted by Crippen LogP contribution is -2.24. The van der Waals surface area contributed by atoms with E-state index in [4.69, 9.17) is 4.42 Å². The van der Waals surface area contributed by atoms with Crippen LogP contribution in [0.25, 0.3) is 11.0 Å². The second-order valence-corrected chi connectivity index (χ2v) is 5.71. The Morgan fingerprint density at radius 3 is 3.05 bits per heavy atom. The Morgan fingerprint density at radius 1 is 1.41 bits per heavy atom. The third kappa shape index (κ3) is 2.99. The Balaban J connectivity index is 1.92. The predicted molar refractivity (Wildman–Crippen MR) is 84.8 cm³/mol. The van der Waals surface area contributed by atoms with Gasteiger partial charge in [-0.15, -0.1) is 0 Å². The lowest BCUT2D eigenvalue weighted by Gasteiger charge is -2.03. The van der Waals surface area contributed by atoms with E-state index in [0.29, 0.717) is 23.2 Å². The highest BCUT2D eigenvalue weighted by molar-refractivity contribution is 7.98. The Bertz CT molecular complexity index is 767. The molecule has 3 aromatic rings. The smallest absolute Gasteiger partial charge is 0.287 e. The standard InChI is InChI=1S/C15H16N4O2S/c1-2-7-16-14(20)13-11(8-22-15-17-9-18-19-15)10-5-3-4-6-12(10)21-13/h3-6,9H,2,7-8H2,1H3,(H,16,20)(H,17,18,19). The molecular weight excluding hydrogens is 300 g/mol. The highest BCUT2D eigenvalue weighted by Gasteiger charge is 2.20. The van der Waals surface area contributed by atoms with Crippen LogP contribution in [0.4, 0.5) is 0 Å². The predicted octanol–water partition coefficient (Wildman–Crippen LogP) is 2.98. The first-order valence-corrected chi connectivity index (χ1v) is 8.05. The van der Waals surface area contributed by atoms with Gasteiger partial charge in [-0.05, 0) is 12.5 Å². The molecule has 0 radical (unpaired) electrons. The van der Waals surface area contributed by atoms with Crippen LogP contribution in [0.2, 0.25) is 0 Å². The second kappa shape index (κ2) is 6.65. The maximum atomic E-state index is 12.3. The van der Waals surface area contributed by atoms with Crippen molar-refractivity contribution in [1.29, 1.82) is 0 Å². The third-order valence-corrected chi connectivity index (χ3v) is 4.09. The first kappa shape index (κ1) is 14.6. The van der Waals surface area contributed by atoms with Crippen LogP contribution in [0, 0.1) is 0 Å². The number of fused-ring (bicyclic) bond motifs is 1. The van der Waals surface area contributed by atoms with Crippen LogP contribution in [0.1, 0.15) is 29.5 Å². The van der Waals surface area contributed by atoms with Gasteiger partial charge in [0, 0.05) is 23.2 Å². The molecule has 7 heteroatoms. The molecule has 2 heterocycles. The minimum absolute atomic E-state index is 0.175. The molecule has 0 spiro atoms. The molecule has 1 amide bonds. The number of benzene rings is 1. The number of nitrogens with one attached hydrogen (secondary N) is 2. The van der Waals surface area contributed by atoms with E-state index in [1.165, 1.54) is 18.1 Å². The molecule has 0 aliphatic rings. The first-order valence-electron chi connectivity index (χ1n) is 7.06. The molecular formula is C15H16N4O2S. The summed E-state index contributed by atoms with van der Waals surface area (Å²) in [5, 5.41) is 11.2. The Kier molecular flexibility index (Phi) is 4.43. The van der Waals surface area contributed by atoms with Gasteiger partial charge in [0.25, 0.3) is 5.91 Å². The lowest BCUT2D eigenvalue weighted by atomic mass is 10.1. The SMILES string of the molecule is CCCNC(=O)c1oc2ccccc2c1CSc1ncn[nH]1. The Hall–Kier alpha value is -2.28. The summed E-state index contributed by atoms with van der Waals surface area (Å²) < 4.78 is 5.76. The van der Waals surface area contributed by atoms with Gasteiger partial charge in [-0.25, -0.2) is 4.98 Å². The molecule has 3 rings (SSSR count). The van der Waals surface area contributed by atoms with Gasteiger partial charge < -0.3 is 9.73 Å². The van der Waals surface area contributed by atoms with Gasteiger partial charge in [0.2, 0.25) is 0 Å². The molecule has 0 saturated carbocycles. The van der Waals surface area contributed by atoms with Gasteiger partial charge in [-0.2, -0.15) is 5.10 Å². The number of para-hydroxylation sites is 1. The van der Waals surface area contributed by atoms with E-state index in [9.17, 15) is 4.79 Å². The molecule has 2 N–H and O–H groups in total. The summed E-state index contributed by atoms with van der Waals surface area (Å²) in [5.41, 5.74) is 1.60. The first-order chi connectivity index (χ1) is 10.8. The molecule has 2 aromatic heterocycles. The maximum Gasteiger partial charge on any atom is 0.287 e. The molecule has 0 aliphatic carbocycles. The van der Waals surface area contributed by atoms with E-state index >= 15 is 0 Å². The molecule has 6 nitrogen and oxygen atoms in total. The third-order valence-electron chi connectivity index (χ3n) is 3.19. The number of furan rings is 1. The molecule has 22 heavy (non-hydrogen) atoms. The van der Waals surface area contributed by atoms with Crippen LogP contribution in [0.15, 0.2) is 40.2 Å². The molecule has 1 aromatic carbocycles. The average molecular weight is 316 g/mol. The zero-order chi connectivity index (χ0) is 15.4. The van der Waals surface area contributed by atoms with E-state index in [2.05, 4.69) is 20.5 Å². The Morgan fingerprint density at radius 2 is 2.27 bits per heavy atom. The molecule has 0 bridgehead atoms. The Labute approximate surface area is 131 Å². The van der Waals surface area contributed by atoms with Crippen molar-refractivity contribution in [1.82, 2.24) is 20.5 Å². The van der Waals surface area contributed by atoms with Crippen LogP contribution in [0.5, 0.6) is 0 Å². The molecule has 0 saturated heterocycles. The number of aromatic nitrogens is 3. The van der Waals surface area contributed by atoms with Gasteiger partial charge in [0.05, 0.1) is 0 Å². The summed E-state index contributed by atoms with van der Waals surface area (Å²) in [4.78, 5) is 16.4. The second-order valence-electron chi connectivity index (χ2n) is 4.74. The molecule has 0 atom stereocenters. The zero-order valence-electron chi connectivity index (χ0n) is 12.1. The molecule has 0 aliphatic heterocycles. The topological polar surface area (TPSA) is 83.8 Å². The number of aromatic amines is 1. The van der Waals surface area contributed by atoms with Crippen LogP contribution < -0.4 is 5.32 Å². The van der Waals surface area contributed by atoms with Crippen molar-refractivity contribution in [3.8, 4) is 0 Å². The molecule has 114 valence electrons. The molecule has 0 fully saturated rings. The van der Waals surface area contributed by atoms with Crippen molar-refractivity contribution in [2.75, 3.05) is 6.54 Å². The van der Waals surface area contributed by atoms with E-state index in [0.717, 1.165) is 23.0 Å². The number of thioether (sulfide) groups is 1. The van der Waals surface area contributed by atoms with E-state index in [1.54, 1.807) is 0 Å². The fourth-order valence-corrected chi connectivity index (χ4v) is 2.96. The fraction of sp³-hybridized carbons (Fsp3) is 0.267.